The van der Waals surface area contributed by atoms with E-state index in [1.54, 1.807) is 11.9 Å². The van der Waals surface area contributed by atoms with E-state index in [1.807, 2.05) is 30.3 Å². The Morgan fingerprint density at radius 1 is 1.24 bits per heavy atom. The number of nitrogens with zero attached hydrogens (tertiary/aromatic N) is 1. The number of ether oxygens (including phenoxy) is 1. The molecule has 0 bridgehead atoms. The molecule has 0 atom stereocenters. The Kier molecular flexibility index (Phi) is 5.17. The maximum atomic E-state index is 13.0. The van der Waals surface area contributed by atoms with E-state index >= 15 is 0 Å². The molecule has 3 nitrogen and oxygen atoms in total. The number of hydrogen-bond acceptors (Lipinski definition) is 2. The quantitative estimate of drug-likeness (QED) is 0.846. The summed E-state index contributed by atoms with van der Waals surface area (Å²) in [7, 11) is 1.70. The van der Waals surface area contributed by atoms with Crippen molar-refractivity contribution in [3.05, 3.63) is 64.9 Å². The van der Waals surface area contributed by atoms with Crippen LogP contribution in [0.2, 0.25) is 5.02 Å². The lowest BCUT2D eigenvalue weighted by molar-refractivity contribution is -0.132. The van der Waals surface area contributed by atoms with Crippen molar-refractivity contribution < 1.29 is 13.9 Å². The lowest BCUT2D eigenvalue weighted by Gasteiger charge is -2.17. The van der Waals surface area contributed by atoms with Gasteiger partial charge in [0.05, 0.1) is 5.02 Å². The van der Waals surface area contributed by atoms with Crippen molar-refractivity contribution in [2.45, 2.75) is 6.54 Å². The van der Waals surface area contributed by atoms with Crippen LogP contribution in [-0.2, 0) is 11.3 Å². The molecule has 5 heteroatoms. The fourth-order valence-corrected chi connectivity index (χ4v) is 1.94. The van der Waals surface area contributed by atoms with Crippen LogP contribution in [0, 0.1) is 5.82 Å². The minimum Gasteiger partial charge on any atom is -0.484 e. The summed E-state index contributed by atoms with van der Waals surface area (Å²) in [6.45, 7) is 0.387. The molecular formula is C16H15ClFNO2. The molecule has 2 aromatic rings. The van der Waals surface area contributed by atoms with Gasteiger partial charge in [0.25, 0.3) is 5.91 Å². The Hall–Kier alpha value is -2.07. The van der Waals surface area contributed by atoms with Gasteiger partial charge in [-0.15, -0.1) is 0 Å². The fourth-order valence-electron chi connectivity index (χ4n) is 1.77. The Bertz CT molecular complexity index is 619. The second kappa shape index (κ2) is 7.09. The first kappa shape index (κ1) is 15.3. The lowest BCUT2D eigenvalue weighted by atomic mass is 10.2. The normalized spacial score (nSPS) is 10.2. The Morgan fingerprint density at radius 2 is 1.95 bits per heavy atom. The maximum Gasteiger partial charge on any atom is 0.260 e. The highest BCUT2D eigenvalue weighted by molar-refractivity contribution is 6.30. The molecule has 0 aliphatic heterocycles. The van der Waals surface area contributed by atoms with Crippen LogP contribution in [0.15, 0.2) is 48.5 Å². The Morgan fingerprint density at radius 3 is 2.62 bits per heavy atom. The summed E-state index contributed by atoms with van der Waals surface area (Å²) in [4.78, 5) is 13.5. The predicted octanol–water partition coefficient (Wildman–Crippen LogP) is 3.52. The number of likely N-dealkylation sites (N-methyl/N-ethyl adjacent to an activating group) is 1. The number of hydrogen-bond donors (Lipinski definition) is 0. The first-order chi connectivity index (χ1) is 10.1. The molecule has 0 aromatic heterocycles. The van der Waals surface area contributed by atoms with Crippen LogP contribution in [0.1, 0.15) is 5.56 Å². The third kappa shape index (κ3) is 4.46. The highest BCUT2D eigenvalue weighted by Crippen LogP contribution is 2.21. The van der Waals surface area contributed by atoms with Crippen molar-refractivity contribution in [3.63, 3.8) is 0 Å². The van der Waals surface area contributed by atoms with Crippen molar-refractivity contribution in [3.8, 4) is 5.75 Å². The number of carbonyl (C=O) groups excluding carboxylic acids is 1. The summed E-state index contributed by atoms with van der Waals surface area (Å²) in [6.07, 6.45) is 0. The van der Waals surface area contributed by atoms with Crippen LogP contribution >= 0.6 is 11.6 Å². The lowest BCUT2D eigenvalue weighted by Crippen LogP contribution is -2.30. The molecule has 0 saturated heterocycles. The molecule has 0 unspecified atom stereocenters. The van der Waals surface area contributed by atoms with E-state index in [-0.39, 0.29) is 17.5 Å². The number of benzene rings is 2. The molecule has 0 fully saturated rings. The second-order valence-corrected chi connectivity index (χ2v) is 5.01. The van der Waals surface area contributed by atoms with E-state index in [1.165, 1.54) is 18.2 Å². The summed E-state index contributed by atoms with van der Waals surface area (Å²) in [5, 5.41) is -0.0300. The Balaban J connectivity index is 1.87. The monoisotopic (exact) mass is 307 g/mol. The third-order valence-electron chi connectivity index (χ3n) is 2.94. The van der Waals surface area contributed by atoms with Crippen molar-refractivity contribution >= 4 is 17.5 Å². The van der Waals surface area contributed by atoms with Gasteiger partial charge in [-0.3, -0.25) is 4.79 Å². The minimum atomic E-state index is -0.517. The number of rotatable bonds is 5. The molecule has 0 saturated carbocycles. The van der Waals surface area contributed by atoms with E-state index in [0.717, 1.165) is 5.56 Å². The van der Waals surface area contributed by atoms with Gasteiger partial charge < -0.3 is 9.64 Å². The molecule has 2 aromatic carbocycles. The molecular weight excluding hydrogens is 293 g/mol. The molecule has 0 heterocycles. The molecule has 0 aliphatic rings. The largest absolute Gasteiger partial charge is 0.484 e. The van der Waals surface area contributed by atoms with Crippen molar-refractivity contribution in [2.24, 2.45) is 0 Å². The summed E-state index contributed by atoms with van der Waals surface area (Å²) in [6, 6.07) is 13.7. The molecule has 21 heavy (non-hydrogen) atoms. The smallest absolute Gasteiger partial charge is 0.260 e. The number of amides is 1. The zero-order valence-corrected chi connectivity index (χ0v) is 12.3. The van der Waals surface area contributed by atoms with Gasteiger partial charge in [-0.1, -0.05) is 41.9 Å². The van der Waals surface area contributed by atoms with E-state index in [2.05, 4.69) is 0 Å². The van der Waals surface area contributed by atoms with Gasteiger partial charge in [-0.25, -0.2) is 4.39 Å². The topological polar surface area (TPSA) is 29.5 Å². The molecule has 0 N–H and O–H groups in total. The average molecular weight is 308 g/mol. The van der Waals surface area contributed by atoms with Crippen LogP contribution in [0.5, 0.6) is 5.75 Å². The first-order valence-corrected chi connectivity index (χ1v) is 6.80. The highest BCUT2D eigenvalue weighted by Gasteiger charge is 2.10. The average Bonchev–Trinajstić information content (AvgIpc) is 2.49. The van der Waals surface area contributed by atoms with E-state index in [9.17, 15) is 9.18 Å². The number of halogens is 2. The van der Waals surface area contributed by atoms with Crippen LogP contribution in [0.25, 0.3) is 0 Å². The van der Waals surface area contributed by atoms with Gasteiger partial charge >= 0.3 is 0 Å². The van der Waals surface area contributed by atoms with Gasteiger partial charge in [0.15, 0.2) is 6.61 Å². The van der Waals surface area contributed by atoms with E-state index in [0.29, 0.717) is 12.3 Å². The van der Waals surface area contributed by atoms with Crippen LogP contribution in [0.4, 0.5) is 4.39 Å². The maximum absolute atomic E-state index is 13.0. The third-order valence-corrected chi connectivity index (χ3v) is 3.23. The summed E-state index contributed by atoms with van der Waals surface area (Å²) in [5.74, 6) is -0.321. The zero-order valence-electron chi connectivity index (χ0n) is 11.6. The fraction of sp³-hybridized carbons (Fsp3) is 0.188. The van der Waals surface area contributed by atoms with Crippen LogP contribution in [-0.4, -0.2) is 24.5 Å². The van der Waals surface area contributed by atoms with Gasteiger partial charge in [0, 0.05) is 19.7 Å². The molecule has 1 amide bonds. The van der Waals surface area contributed by atoms with E-state index in [4.69, 9.17) is 16.3 Å². The SMILES string of the molecule is CN(Cc1ccccc1)C(=O)COc1ccc(F)c(Cl)c1. The van der Waals surface area contributed by atoms with Gasteiger partial charge in [-0.05, 0) is 17.7 Å². The predicted molar refractivity (Wildman–Crippen MR) is 79.8 cm³/mol. The van der Waals surface area contributed by atoms with Gasteiger partial charge in [0.1, 0.15) is 11.6 Å². The standard InChI is InChI=1S/C16H15ClFNO2/c1-19(10-12-5-3-2-4-6-12)16(20)11-21-13-7-8-15(18)14(17)9-13/h2-9H,10-11H2,1H3. The minimum absolute atomic E-state index is 0.0300. The number of carbonyl (C=O) groups is 1. The highest BCUT2D eigenvalue weighted by atomic mass is 35.5. The van der Waals surface area contributed by atoms with Gasteiger partial charge in [0.2, 0.25) is 0 Å². The molecule has 2 rings (SSSR count). The van der Waals surface area contributed by atoms with Gasteiger partial charge in [-0.2, -0.15) is 0 Å². The van der Waals surface area contributed by atoms with Crippen LogP contribution < -0.4 is 4.74 Å². The summed E-state index contributed by atoms with van der Waals surface area (Å²) >= 11 is 5.65. The Labute approximate surface area is 127 Å². The second-order valence-electron chi connectivity index (χ2n) is 4.60. The summed E-state index contributed by atoms with van der Waals surface area (Å²) in [5.41, 5.74) is 1.04. The van der Waals surface area contributed by atoms with E-state index < -0.39 is 5.82 Å². The van der Waals surface area contributed by atoms with Crippen molar-refractivity contribution in [1.29, 1.82) is 0 Å². The van der Waals surface area contributed by atoms with Crippen molar-refractivity contribution in [2.75, 3.05) is 13.7 Å². The van der Waals surface area contributed by atoms with Crippen molar-refractivity contribution in [1.82, 2.24) is 4.90 Å². The zero-order chi connectivity index (χ0) is 15.2. The molecule has 0 spiro atoms. The molecule has 110 valence electrons. The first-order valence-electron chi connectivity index (χ1n) is 6.42. The summed E-state index contributed by atoms with van der Waals surface area (Å²) < 4.78 is 18.3. The molecule has 0 radical (unpaired) electrons. The van der Waals surface area contributed by atoms with Crippen LogP contribution in [0.3, 0.4) is 0 Å². The molecule has 0 aliphatic carbocycles.